The predicted molar refractivity (Wildman–Crippen MR) is 88.7 cm³/mol. The number of nitrogens with zero attached hydrogens (tertiary/aromatic N) is 1. The number of rotatable bonds is 1. The van der Waals surface area contributed by atoms with Crippen molar-refractivity contribution in [2.45, 2.75) is 52.4 Å². The zero-order valence-electron chi connectivity index (χ0n) is 14.3. The van der Waals surface area contributed by atoms with E-state index in [1.54, 1.807) is 0 Å². The molecule has 22 heavy (non-hydrogen) atoms. The van der Waals surface area contributed by atoms with Crippen LogP contribution >= 0.6 is 0 Å². The van der Waals surface area contributed by atoms with Crippen molar-refractivity contribution in [2.75, 3.05) is 0 Å². The lowest BCUT2D eigenvalue weighted by molar-refractivity contribution is -0.596. The Morgan fingerprint density at radius 1 is 0.773 bits per heavy atom. The molecule has 0 saturated carbocycles. The third-order valence-corrected chi connectivity index (χ3v) is 3.81. The standard InChI is InChI=1S/C19H25NO2/c1-18(2,3)13-12-14(20-10-8-7-9-11-20)15(19(4,5)6)17(22)16(13)21/h7-12H,1-6H3,(H-,21,22)/p+1. The highest BCUT2D eigenvalue weighted by Crippen LogP contribution is 2.45. The highest BCUT2D eigenvalue weighted by molar-refractivity contribution is 5.61. The van der Waals surface area contributed by atoms with Crippen LogP contribution in [-0.2, 0) is 10.8 Å². The average Bonchev–Trinajstić information content (AvgIpc) is 2.39. The molecule has 1 heterocycles. The molecule has 0 spiro atoms. The largest absolute Gasteiger partial charge is 0.504 e. The van der Waals surface area contributed by atoms with Crippen LogP contribution in [0.5, 0.6) is 11.5 Å². The second-order valence-electron chi connectivity index (χ2n) is 7.80. The van der Waals surface area contributed by atoms with Crippen LogP contribution in [0.15, 0.2) is 36.7 Å². The summed E-state index contributed by atoms with van der Waals surface area (Å²) < 4.78 is 1.98. The second-order valence-corrected chi connectivity index (χ2v) is 7.80. The Bertz CT molecular complexity index is 677. The summed E-state index contributed by atoms with van der Waals surface area (Å²) in [6.45, 7) is 12.2. The molecule has 0 radical (unpaired) electrons. The third kappa shape index (κ3) is 2.94. The normalized spacial score (nSPS) is 12.5. The van der Waals surface area contributed by atoms with Crippen molar-refractivity contribution < 1.29 is 14.8 Å². The number of hydrogen-bond acceptors (Lipinski definition) is 2. The fraction of sp³-hybridized carbons (Fsp3) is 0.421. The van der Waals surface area contributed by atoms with E-state index in [9.17, 15) is 10.2 Å². The number of hydrogen-bond donors (Lipinski definition) is 2. The van der Waals surface area contributed by atoms with Crippen molar-refractivity contribution in [1.29, 1.82) is 0 Å². The molecule has 118 valence electrons. The molecule has 2 N–H and O–H groups in total. The first-order valence-electron chi connectivity index (χ1n) is 7.60. The first-order valence-corrected chi connectivity index (χ1v) is 7.60. The van der Waals surface area contributed by atoms with Crippen LogP contribution in [-0.4, -0.2) is 10.2 Å². The zero-order chi connectivity index (χ0) is 16.7. The maximum absolute atomic E-state index is 10.7. The van der Waals surface area contributed by atoms with Gasteiger partial charge in [-0.05, 0) is 10.8 Å². The van der Waals surface area contributed by atoms with Gasteiger partial charge in [0.1, 0.15) is 0 Å². The molecule has 1 aromatic carbocycles. The van der Waals surface area contributed by atoms with E-state index in [-0.39, 0.29) is 22.3 Å². The molecule has 0 aliphatic heterocycles. The van der Waals surface area contributed by atoms with Gasteiger partial charge in [0, 0.05) is 23.8 Å². The number of phenols is 2. The zero-order valence-corrected chi connectivity index (χ0v) is 14.3. The van der Waals surface area contributed by atoms with E-state index in [0.29, 0.717) is 0 Å². The number of aromatic hydroxyl groups is 2. The minimum Gasteiger partial charge on any atom is -0.504 e. The lowest BCUT2D eigenvalue weighted by Crippen LogP contribution is -2.34. The molecule has 2 rings (SSSR count). The van der Waals surface area contributed by atoms with Gasteiger partial charge in [0.25, 0.3) is 0 Å². The Labute approximate surface area is 132 Å². The molecule has 0 unspecified atom stereocenters. The van der Waals surface area contributed by atoms with E-state index in [4.69, 9.17) is 0 Å². The van der Waals surface area contributed by atoms with Gasteiger partial charge in [-0.2, -0.15) is 4.57 Å². The average molecular weight is 300 g/mol. The Balaban J connectivity index is 2.88. The van der Waals surface area contributed by atoms with Gasteiger partial charge < -0.3 is 10.2 Å². The number of phenolic OH excluding ortho intramolecular Hbond substituents is 2. The highest BCUT2D eigenvalue weighted by atomic mass is 16.3. The summed E-state index contributed by atoms with van der Waals surface area (Å²) in [4.78, 5) is 0. The van der Waals surface area contributed by atoms with E-state index < -0.39 is 0 Å². The van der Waals surface area contributed by atoms with Crippen LogP contribution in [0.1, 0.15) is 52.7 Å². The molecular weight excluding hydrogens is 274 g/mol. The van der Waals surface area contributed by atoms with E-state index in [1.165, 1.54) is 0 Å². The van der Waals surface area contributed by atoms with Gasteiger partial charge >= 0.3 is 0 Å². The van der Waals surface area contributed by atoms with Crippen molar-refractivity contribution in [3.8, 4) is 17.2 Å². The van der Waals surface area contributed by atoms with Gasteiger partial charge in [0.2, 0.25) is 5.69 Å². The molecule has 0 fully saturated rings. The van der Waals surface area contributed by atoms with E-state index in [1.807, 2.05) is 82.8 Å². The molecule has 0 saturated heterocycles. The van der Waals surface area contributed by atoms with Crippen LogP contribution in [0.3, 0.4) is 0 Å². The van der Waals surface area contributed by atoms with Crippen LogP contribution < -0.4 is 4.57 Å². The fourth-order valence-electron chi connectivity index (χ4n) is 2.72. The minimum absolute atomic E-state index is 0.0160. The molecule has 0 atom stereocenters. The number of pyridine rings is 1. The quantitative estimate of drug-likeness (QED) is 0.618. The summed E-state index contributed by atoms with van der Waals surface area (Å²) >= 11 is 0. The topological polar surface area (TPSA) is 44.3 Å². The van der Waals surface area contributed by atoms with Gasteiger partial charge in [0.15, 0.2) is 23.9 Å². The van der Waals surface area contributed by atoms with Gasteiger partial charge in [-0.25, -0.2) is 0 Å². The molecule has 1 aromatic heterocycles. The van der Waals surface area contributed by atoms with Gasteiger partial charge in [-0.1, -0.05) is 47.6 Å². The third-order valence-electron chi connectivity index (χ3n) is 3.81. The van der Waals surface area contributed by atoms with Crippen LogP contribution in [0.4, 0.5) is 0 Å². The summed E-state index contributed by atoms with van der Waals surface area (Å²) in [6, 6.07) is 7.84. The van der Waals surface area contributed by atoms with Gasteiger partial charge in [-0.3, -0.25) is 0 Å². The lowest BCUT2D eigenvalue weighted by Gasteiger charge is -2.26. The molecule has 0 aliphatic carbocycles. The van der Waals surface area contributed by atoms with E-state index in [2.05, 4.69) is 0 Å². The van der Waals surface area contributed by atoms with E-state index in [0.717, 1.165) is 16.8 Å². The van der Waals surface area contributed by atoms with Crippen molar-refractivity contribution >= 4 is 0 Å². The van der Waals surface area contributed by atoms with E-state index >= 15 is 0 Å². The first-order chi connectivity index (χ1) is 10.0. The highest BCUT2D eigenvalue weighted by Gasteiger charge is 2.33. The summed E-state index contributed by atoms with van der Waals surface area (Å²) in [6.07, 6.45) is 3.90. The Morgan fingerprint density at radius 2 is 1.32 bits per heavy atom. The van der Waals surface area contributed by atoms with Crippen LogP contribution in [0.25, 0.3) is 5.69 Å². The molecule has 0 amide bonds. The molecule has 0 aliphatic rings. The summed E-state index contributed by atoms with van der Waals surface area (Å²) in [5.74, 6) is -0.0380. The fourth-order valence-corrected chi connectivity index (χ4v) is 2.72. The molecular formula is C19H26NO2+. The summed E-state index contributed by atoms with van der Waals surface area (Å²) in [5.41, 5.74) is 1.82. The Kier molecular flexibility index (Phi) is 3.94. The van der Waals surface area contributed by atoms with Crippen molar-refractivity contribution in [1.82, 2.24) is 0 Å². The van der Waals surface area contributed by atoms with Crippen molar-refractivity contribution in [2.24, 2.45) is 0 Å². The van der Waals surface area contributed by atoms with Crippen LogP contribution in [0.2, 0.25) is 0 Å². The minimum atomic E-state index is -0.295. The summed E-state index contributed by atoms with van der Waals surface area (Å²) in [7, 11) is 0. The van der Waals surface area contributed by atoms with Crippen molar-refractivity contribution in [3.63, 3.8) is 0 Å². The van der Waals surface area contributed by atoms with Crippen molar-refractivity contribution in [3.05, 3.63) is 47.8 Å². The second kappa shape index (κ2) is 5.31. The molecule has 2 aromatic rings. The number of benzene rings is 1. The maximum atomic E-state index is 10.7. The van der Waals surface area contributed by atoms with Gasteiger partial charge in [0.05, 0.1) is 5.56 Å². The monoisotopic (exact) mass is 300 g/mol. The number of aromatic nitrogens is 1. The van der Waals surface area contributed by atoms with Gasteiger partial charge in [-0.15, -0.1) is 0 Å². The molecule has 0 bridgehead atoms. The molecule has 3 heteroatoms. The Hall–Kier alpha value is -2.03. The SMILES string of the molecule is CC(C)(C)c1cc(-[n+]2ccccc2)c(C(C)(C)C)c(O)c1O. The Morgan fingerprint density at radius 3 is 1.77 bits per heavy atom. The van der Waals surface area contributed by atoms with Crippen LogP contribution in [0, 0.1) is 0 Å². The maximum Gasteiger partial charge on any atom is 0.218 e. The smallest absolute Gasteiger partial charge is 0.218 e. The summed E-state index contributed by atoms with van der Waals surface area (Å²) in [5, 5.41) is 21.1. The lowest BCUT2D eigenvalue weighted by atomic mass is 9.79. The first kappa shape index (κ1) is 16.3. The predicted octanol–water partition coefficient (Wildman–Crippen LogP) is 3.97. The molecule has 3 nitrogen and oxygen atoms in total.